The second kappa shape index (κ2) is 7.69. The molecule has 0 aromatic heterocycles. The van der Waals surface area contributed by atoms with Crippen molar-refractivity contribution in [1.82, 2.24) is 0 Å². The van der Waals surface area contributed by atoms with E-state index in [2.05, 4.69) is 26.6 Å². The van der Waals surface area contributed by atoms with Crippen molar-refractivity contribution in [1.29, 1.82) is 0 Å². The van der Waals surface area contributed by atoms with Crippen molar-refractivity contribution in [2.75, 3.05) is 10.6 Å². The molecule has 0 atom stereocenters. The van der Waals surface area contributed by atoms with Gasteiger partial charge >= 0.3 is 6.18 Å². The molecule has 0 aliphatic rings. The van der Waals surface area contributed by atoms with Crippen molar-refractivity contribution in [3.05, 3.63) is 58.1 Å². The lowest BCUT2D eigenvalue weighted by Gasteiger charge is -2.15. The van der Waals surface area contributed by atoms with E-state index in [0.717, 1.165) is 22.7 Å². The highest BCUT2D eigenvalue weighted by atomic mass is 79.9. The molecule has 0 saturated heterocycles. The maximum atomic E-state index is 12.9. The average Bonchev–Trinajstić information content (AvgIpc) is 2.47. The first-order valence-corrected chi connectivity index (χ1v) is 7.97. The molecule has 0 aliphatic carbocycles. The predicted molar refractivity (Wildman–Crippen MR) is 92.2 cm³/mol. The second-order valence-electron chi connectivity index (χ2n) is 5.29. The van der Waals surface area contributed by atoms with Gasteiger partial charge in [0.2, 0.25) is 11.8 Å². The third-order valence-electron chi connectivity index (χ3n) is 3.19. The van der Waals surface area contributed by atoms with Gasteiger partial charge in [-0.2, -0.15) is 13.2 Å². The Labute approximate surface area is 150 Å². The lowest BCUT2D eigenvalue weighted by Crippen LogP contribution is -2.18. The SMILES string of the molecule is CC(=O)Nc1ccc(C(F)(F)F)cc1NC(=O)Cc1cccc(Br)c1. The maximum Gasteiger partial charge on any atom is 0.416 e. The van der Waals surface area contributed by atoms with E-state index in [1.807, 2.05) is 0 Å². The molecule has 0 bridgehead atoms. The summed E-state index contributed by atoms with van der Waals surface area (Å²) in [4.78, 5) is 23.4. The highest BCUT2D eigenvalue weighted by Gasteiger charge is 2.31. The van der Waals surface area contributed by atoms with Crippen LogP contribution in [0, 0.1) is 0 Å². The number of benzene rings is 2. The van der Waals surface area contributed by atoms with Gasteiger partial charge in [0.15, 0.2) is 0 Å². The normalized spacial score (nSPS) is 11.1. The zero-order valence-corrected chi connectivity index (χ0v) is 14.7. The van der Waals surface area contributed by atoms with Crippen molar-refractivity contribution in [2.45, 2.75) is 19.5 Å². The third kappa shape index (κ3) is 5.60. The van der Waals surface area contributed by atoms with Crippen LogP contribution in [0.4, 0.5) is 24.5 Å². The van der Waals surface area contributed by atoms with E-state index in [1.54, 1.807) is 24.3 Å². The first-order valence-electron chi connectivity index (χ1n) is 7.18. The van der Waals surface area contributed by atoms with Crippen LogP contribution in [0.3, 0.4) is 0 Å². The van der Waals surface area contributed by atoms with Gasteiger partial charge in [-0.25, -0.2) is 0 Å². The predicted octanol–water partition coefficient (Wildman–Crippen LogP) is 4.61. The van der Waals surface area contributed by atoms with Gasteiger partial charge in [0.05, 0.1) is 23.4 Å². The summed E-state index contributed by atoms with van der Waals surface area (Å²) in [6.07, 6.45) is -4.58. The minimum atomic E-state index is -4.56. The van der Waals surface area contributed by atoms with Crippen molar-refractivity contribution >= 4 is 39.1 Å². The van der Waals surface area contributed by atoms with E-state index in [-0.39, 0.29) is 17.8 Å². The monoisotopic (exact) mass is 414 g/mol. The Morgan fingerprint density at radius 1 is 1.04 bits per heavy atom. The van der Waals surface area contributed by atoms with Gasteiger partial charge in [0.1, 0.15) is 0 Å². The fourth-order valence-corrected chi connectivity index (χ4v) is 2.60. The number of amides is 2. The van der Waals surface area contributed by atoms with E-state index in [4.69, 9.17) is 0 Å². The first kappa shape index (κ1) is 19.0. The molecular formula is C17H14BrF3N2O2. The van der Waals surface area contributed by atoms with Crippen LogP contribution < -0.4 is 10.6 Å². The van der Waals surface area contributed by atoms with Crippen LogP contribution in [0.2, 0.25) is 0 Å². The molecule has 132 valence electrons. The van der Waals surface area contributed by atoms with Gasteiger partial charge in [0, 0.05) is 11.4 Å². The summed E-state index contributed by atoms with van der Waals surface area (Å²) in [5.74, 6) is -0.953. The zero-order chi connectivity index (χ0) is 18.6. The van der Waals surface area contributed by atoms with Gasteiger partial charge in [0.25, 0.3) is 0 Å². The fraction of sp³-hybridized carbons (Fsp3) is 0.176. The van der Waals surface area contributed by atoms with Crippen molar-refractivity contribution in [3.8, 4) is 0 Å². The van der Waals surface area contributed by atoms with Crippen LogP contribution in [0.15, 0.2) is 46.9 Å². The summed E-state index contributed by atoms with van der Waals surface area (Å²) in [6, 6.07) is 9.76. The lowest BCUT2D eigenvalue weighted by molar-refractivity contribution is -0.137. The molecule has 4 nitrogen and oxygen atoms in total. The lowest BCUT2D eigenvalue weighted by atomic mass is 10.1. The van der Waals surface area contributed by atoms with Crippen LogP contribution >= 0.6 is 15.9 Å². The smallest absolute Gasteiger partial charge is 0.325 e. The Morgan fingerprint density at radius 2 is 1.76 bits per heavy atom. The molecule has 0 spiro atoms. The average molecular weight is 415 g/mol. The van der Waals surface area contributed by atoms with E-state index >= 15 is 0 Å². The summed E-state index contributed by atoms with van der Waals surface area (Å²) in [5, 5.41) is 4.83. The molecule has 0 saturated carbocycles. The topological polar surface area (TPSA) is 58.2 Å². The molecule has 0 heterocycles. The molecule has 25 heavy (non-hydrogen) atoms. The highest BCUT2D eigenvalue weighted by Crippen LogP contribution is 2.34. The van der Waals surface area contributed by atoms with Gasteiger partial charge in [-0.15, -0.1) is 0 Å². The van der Waals surface area contributed by atoms with Crippen molar-refractivity contribution in [3.63, 3.8) is 0 Å². The summed E-state index contributed by atoms with van der Waals surface area (Å²) >= 11 is 3.28. The Balaban J connectivity index is 2.25. The summed E-state index contributed by atoms with van der Waals surface area (Å²) in [5.41, 5.74) is -0.229. The highest BCUT2D eigenvalue weighted by molar-refractivity contribution is 9.10. The zero-order valence-electron chi connectivity index (χ0n) is 13.1. The van der Waals surface area contributed by atoms with Crippen molar-refractivity contribution < 1.29 is 22.8 Å². The van der Waals surface area contributed by atoms with Gasteiger partial charge < -0.3 is 10.6 Å². The van der Waals surface area contributed by atoms with E-state index in [1.165, 1.54) is 6.92 Å². The Morgan fingerprint density at radius 3 is 2.36 bits per heavy atom. The molecule has 0 unspecified atom stereocenters. The summed E-state index contributed by atoms with van der Waals surface area (Å²) in [6.45, 7) is 1.23. The Kier molecular flexibility index (Phi) is 5.84. The van der Waals surface area contributed by atoms with E-state index < -0.39 is 23.6 Å². The molecular weight excluding hydrogens is 401 g/mol. The minimum absolute atomic E-state index is 0.0187. The molecule has 2 aromatic carbocycles. The molecule has 0 radical (unpaired) electrons. The van der Waals surface area contributed by atoms with Gasteiger partial charge in [-0.05, 0) is 35.9 Å². The molecule has 8 heteroatoms. The van der Waals surface area contributed by atoms with Gasteiger partial charge in [-0.1, -0.05) is 28.1 Å². The number of anilines is 2. The standard InChI is InChI=1S/C17H14BrF3N2O2/c1-10(24)22-14-6-5-12(17(19,20)21)9-15(14)23-16(25)8-11-3-2-4-13(18)7-11/h2-7,9H,8H2,1H3,(H,22,24)(H,23,25). The maximum absolute atomic E-state index is 12.9. The van der Waals surface area contributed by atoms with Gasteiger partial charge in [-0.3, -0.25) is 9.59 Å². The number of alkyl halides is 3. The van der Waals surface area contributed by atoms with Crippen molar-refractivity contribution in [2.24, 2.45) is 0 Å². The van der Waals surface area contributed by atoms with Crippen LogP contribution in [-0.2, 0) is 22.2 Å². The molecule has 2 N–H and O–H groups in total. The molecule has 2 aromatic rings. The Bertz CT molecular complexity index is 807. The number of hydrogen-bond acceptors (Lipinski definition) is 2. The van der Waals surface area contributed by atoms with Crippen LogP contribution in [0.1, 0.15) is 18.1 Å². The molecule has 0 fully saturated rings. The fourth-order valence-electron chi connectivity index (χ4n) is 2.15. The van der Waals surface area contributed by atoms with Crippen LogP contribution in [0.25, 0.3) is 0 Å². The number of rotatable bonds is 4. The van der Waals surface area contributed by atoms with E-state index in [0.29, 0.717) is 5.56 Å². The molecule has 2 rings (SSSR count). The number of hydrogen-bond donors (Lipinski definition) is 2. The number of carbonyl (C=O) groups is 2. The first-order chi connectivity index (χ1) is 11.6. The second-order valence-corrected chi connectivity index (χ2v) is 6.21. The van der Waals surface area contributed by atoms with Crippen LogP contribution in [-0.4, -0.2) is 11.8 Å². The molecule has 0 aliphatic heterocycles. The summed E-state index contributed by atoms with van der Waals surface area (Å²) < 4.78 is 39.4. The van der Waals surface area contributed by atoms with E-state index in [9.17, 15) is 22.8 Å². The number of nitrogens with one attached hydrogen (secondary N) is 2. The van der Waals surface area contributed by atoms with Crippen LogP contribution in [0.5, 0.6) is 0 Å². The number of carbonyl (C=O) groups excluding carboxylic acids is 2. The largest absolute Gasteiger partial charge is 0.416 e. The summed E-state index contributed by atoms with van der Waals surface area (Å²) in [7, 11) is 0. The molecule has 2 amide bonds. The number of halogens is 4. The Hall–Kier alpha value is -2.35. The minimum Gasteiger partial charge on any atom is -0.325 e. The quantitative estimate of drug-likeness (QED) is 0.767. The third-order valence-corrected chi connectivity index (χ3v) is 3.68.